The molecule has 1 rings (SSSR count). The van der Waals surface area contributed by atoms with Crippen LogP contribution in [0, 0.1) is 11.6 Å². The monoisotopic (exact) mass is 227 g/mol. The van der Waals surface area contributed by atoms with Gasteiger partial charge in [-0.3, -0.25) is 0 Å². The summed E-state index contributed by atoms with van der Waals surface area (Å²) in [5.74, 6) is -1.31. The van der Waals surface area contributed by atoms with Crippen LogP contribution in [0.1, 0.15) is 38.7 Å². The van der Waals surface area contributed by atoms with Gasteiger partial charge in [-0.25, -0.2) is 8.78 Å². The minimum Gasteiger partial charge on any atom is -0.315 e. The van der Waals surface area contributed by atoms with Crippen molar-refractivity contribution in [2.75, 3.05) is 6.54 Å². The molecular weight excluding hydrogens is 208 g/mol. The van der Waals surface area contributed by atoms with Gasteiger partial charge in [-0.2, -0.15) is 0 Å². The molecule has 0 fully saturated rings. The lowest BCUT2D eigenvalue weighted by molar-refractivity contribution is 0.502. The van der Waals surface area contributed by atoms with E-state index in [4.69, 9.17) is 0 Å². The Morgan fingerprint density at radius 3 is 2.38 bits per heavy atom. The molecule has 1 atom stereocenters. The van der Waals surface area contributed by atoms with Gasteiger partial charge < -0.3 is 5.32 Å². The van der Waals surface area contributed by atoms with E-state index in [0.717, 1.165) is 18.5 Å². The molecule has 1 aromatic carbocycles. The van der Waals surface area contributed by atoms with Crippen molar-refractivity contribution >= 4 is 0 Å². The lowest BCUT2D eigenvalue weighted by atomic mass is 9.97. The van der Waals surface area contributed by atoms with E-state index in [2.05, 4.69) is 19.2 Å². The third kappa shape index (κ3) is 3.89. The third-order valence-electron chi connectivity index (χ3n) is 2.64. The van der Waals surface area contributed by atoms with Crippen molar-refractivity contribution in [3.05, 3.63) is 35.4 Å². The predicted molar refractivity (Wildman–Crippen MR) is 62.5 cm³/mol. The highest BCUT2D eigenvalue weighted by atomic mass is 19.2. The van der Waals surface area contributed by atoms with Crippen molar-refractivity contribution in [3.63, 3.8) is 0 Å². The fraction of sp³-hybridized carbons (Fsp3) is 0.538. The molecule has 0 saturated heterocycles. The maximum absolute atomic E-state index is 13.0. The normalized spacial score (nSPS) is 13.1. The summed E-state index contributed by atoms with van der Waals surface area (Å²) in [5, 5.41) is 3.30. The van der Waals surface area contributed by atoms with Crippen LogP contribution in [0.2, 0.25) is 0 Å². The first-order chi connectivity index (χ1) is 7.50. The zero-order valence-corrected chi connectivity index (χ0v) is 10.1. The van der Waals surface area contributed by atoms with Crippen LogP contribution in [0.25, 0.3) is 0 Å². The smallest absolute Gasteiger partial charge is 0.159 e. The van der Waals surface area contributed by atoms with E-state index < -0.39 is 11.6 Å². The van der Waals surface area contributed by atoms with Crippen LogP contribution in [0.4, 0.5) is 8.78 Å². The molecular formula is C13H19F2N. The number of hydrogen-bond acceptors (Lipinski definition) is 1. The van der Waals surface area contributed by atoms with Gasteiger partial charge in [-0.15, -0.1) is 0 Å². The summed E-state index contributed by atoms with van der Waals surface area (Å²) in [7, 11) is 0. The van der Waals surface area contributed by atoms with Crippen molar-refractivity contribution in [1.82, 2.24) is 5.32 Å². The van der Waals surface area contributed by atoms with E-state index in [1.165, 1.54) is 12.1 Å². The molecule has 0 saturated carbocycles. The van der Waals surface area contributed by atoms with Gasteiger partial charge in [-0.1, -0.05) is 26.8 Å². The SMILES string of the molecule is CC(C)NCCC(C)c1ccc(F)c(F)c1. The van der Waals surface area contributed by atoms with Gasteiger partial charge in [-0.05, 0) is 36.6 Å². The van der Waals surface area contributed by atoms with Gasteiger partial charge in [0.2, 0.25) is 0 Å². The van der Waals surface area contributed by atoms with Crippen molar-refractivity contribution in [1.29, 1.82) is 0 Å². The highest BCUT2D eigenvalue weighted by molar-refractivity contribution is 5.21. The zero-order valence-electron chi connectivity index (χ0n) is 10.1. The minimum absolute atomic E-state index is 0.237. The summed E-state index contributed by atoms with van der Waals surface area (Å²) in [6, 6.07) is 4.59. The Balaban J connectivity index is 2.52. The van der Waals surface area contributed by atoms with Crippen LogP contribution in [-0.4, -0.2) is 12.6 Å². The molecule has 1 nitrogen and oxygen atoms in total. The summed E-state index contributed by atoms with van der Waals surface area (Å²) >= 11 is 0. The Kier molecular flexibility index (Phi) is 4.87. The number of nitrogens with one attached hydrogen (secondary N) is 1. The van der Waals surface area contributed by atoms with Crippen LogP contribution in [-0.2, 0) is 0 Å². The summed E-state index contributed by atoms with van der Waals surface area (Å²) in [5.41, 5.74) is 0.851. The maximum atomic E-state index is 13.0. The maximum Gasteiger partial charge on any atom is 0.159 e. The van der Waals surface area contributed by atoms with Crippen molar-refractivity contribution in [3.8, 4) is 0 Å². The lowest BCUT2D eigenvalue weighted by Crippen LogP contribution is -2.24. The average Bonchev–Trinajstić information content (AvgIpc) is 2.21. The van der Waals surface area contributed by atoms with Gasteiger partial charge in [0.15, 0.2) is 11.6 Å². The molecule has 0 bridgehead atoms. The Hall–Kier alpha value is -0.960. The molecule has 0 heterocycles. The molecule has 1 aromatic rings. The molecule has 1 N–H and O–H groups in total. The van der Waals surface area contributed by atoms with Gasteiger partial charge in [0.05, 0.1) is 0 Å². The van der Waals surface area contributed by atoms with E-state index in [-0.39, 0.29) is 5.92 Å². The van der Waals surface area contributed by atoms with Crippen molar-refractivity contribution in [2.45, 2.75) is 39.2 Å². The molecule has 0 radical (unpaired) electrons. The number of hydrogen-bond donors (Lipinski definition) is 1. The zero-order chi connectivity index (χ0) is 12.1. The summed E-state index contributed by atoms with van der Waals surface area (Å²) in [6.07, 6.45) is 0.920. The largest absolute Gasteiger partial charge is 0.315 e. The molecule has 16 heavy (non-hydrogen) atoms. The van der Waals surface area contributed by atoms with E-state index in [1.54, 1.807) is 6.07 Å². The van der Waals surface area contributed by atoms with Crippen LogP contribution in [0.3, 0.4) is 0 Å². The molecule has 0 aliphatic heterocycles. The van der Waals surface area contributed by atoms with E-state index >= 15 is 0 Å². The minimum atomic E-state index is -0.781. The van der Waals surface area contributed by atoms with Crippen molar-refractivity contribution < 1.29 is 8.78 Å². The summed E-state index contributed by atoms with van der Waals surface area (Å²) in [4.78, 5) is 0. The Morgan fingerprint density at radius 1 is 1.12 bits per heavy atom. The Labute approximate surface area is 95.9 Å². The first-order valence-electron chi connectivity index (χ1n) is 5.69. The van der Waals surface area contributed by atoms with Crippen LogP contribution < -0.4 is 5.32 Å². The number of rotatable bonds is 5. The molecule has 1 unspecified atom stereocenters. The molecule has 0 aromatic heterocycles. The number of benzene rings is 1. The second kappa shape index (κ2) is 5.94. The van der Waals surface area contributed by atoms with E-state index in [1.807, 2.05) is 6.92 Å². The highest BCUT2D eigenvalue weighted by Gasteiger charge is 2.09. The van der Waals surface area contributed by atoms with Gasteiger partial charge >= 0.3 is 0 Å². The molecule has 0 aliphatic carbocycles. The Morgan fingerprint density at radius 2 is 1.81 bits per heavy atom. The highest BCUT2D eigenvalue weighted by Crippen LogP contribution is 2.20. The van der Waals surface area contributed by atoms with Crippen LogP contribution in [0.15, 0.2) is 18.2 Å². The summed E-state index contributed by atoms with van der Waals surface area (Å²) in [6.45, 7) is 7.08. The fourth-order valence-electron chi connectivity index (χ4n) is 1.57. The second-order valence-corrected chi connectivity index (χ2v) is 4.47. The summed E-state index contributed by atoms with van der Waals surface area (Å²) < 4.78 is 25.7. The molecule has 0 aliphatic rings. The predicted octanol–water partition coefficient (Wildman–Crippen LogP) is 3.46. The molecule has 0 spiro atoms. The standard InChI is InChI=1S/C13H19F2N/c1-9(2)16-7-6-10(3)11-4-5-12(14)13(15)8-11/h4-5,8-10,16H,6-7H2,1-3H3. The topological polar surface area (TPSA) is 12.0 Å². The van der Waals surface area contributed by atoms with Gasteiger partial charge in [0.1, 0.15) is 0 Å². The third-order valence-corrected chi connectivity index (χ3v) is 2.64. The Bertz CT molecular complexity index is 337. The van der Waals surface area contributed by atoms with Crippen molar-refractivity contribution in [2.24, 2.45) is 0 Å². The van der Waals surface area contributed by atoms with Gasteiger partial charge in [0.25, 0.3) is 0 Å². The lowest BCUT2D eigenvalue weighted by Gasteiger charge is -2.14. The van der Waals surface area contributed by atoms with E-state index in [9.17, 15) is 8.78 Å². The molecule has 3 heteroatoms. The number of halogens is 2. The fourth-order valence-corrected chi connectivity index (χ4v) is 1.57. The first kappa shape index (κ1) is 13.1. The quantitative estimate of drug-likeness (QED) is 0.812. The van der Waals surface area contributed by atoms with Crippen LogP contribution in [0.5, 0.6) is 0 Å². The molecule has 0 amide bonds. The molecule has 90 valence electrons. The second-order valence-electron chi connectivity index (χ2n) is 4.47. The average molecular weight is 227 g/mol. The van der Waals surface area contributed by atoms with Crippen LogP contribution >= 0.6 is 0 Å². The first-order valence-corrected chi connectivity index (χ1v) is 5.69. The van der Waals surface area contributed by atoms with Gasteiger partial charge in [0, 0.05) is 6.04 Å². The van der Waals surface area contributed by atoms with E-state index in [0.29, 0.717) is 6.04 Å².